The third kappa shape index (κ3) is 2.18. The van der Waals surface area contributed by atoms with Crippen LogP contribution in [0.4, 0.5) is 17.2 Å². The predicted molar refractivity (Wildman–Crippen MR) is 72.1 cm³/mol. The number of nitrogens with two attached hydrogens (primary N) is 1. The minimum atomic E-state index is 0.465. The van der Waals surface area contributed by atoms with E-state index in [1.165, 1.54) is 0 Å². The molecule has 0 atom stereocenters. The number of hydrogen-bond acceptors (Lipinski definition) is 3. The van der Waals surface area contributed by atoms with Crippen LogP contribution < -0.4 is 11.1 Å². The minimum absolute atomic E-state index is 0.465. The van der Waals surface area contributed by atoms with Crippen molar-refractivity contribution in [2.24, 2.45) is 7.05 Å². The van der Waals surface area contributed by atoms with Crippen molar-refractivity contribution in [1.29, 1.82) is 0 Å². The molecule has 90 valence electrons. The van der Waals surface area contributed by atoms with Crippen LogP contribution in [-0.4, -0.2) is 9.78 Å². The summed E-state index contributed by atoms with van der Waals surface area (Å²) < 4.78 is 1.67. The Morgan fingerprint density at radius 1 is 1.35 bits per heavy atom. The van der Waals surface area contributed by atoms with Gasteiger partial charge in [0.15, 0.2) is 5.82 Å². The maximum atomic E-state index is 6.09. The number of benzene rings is 1. The highest BCUT2D eigenvalue weighted by Gasteiger charge is 2.12. The second-order valence-electron chi connectivity index (χ2n) is 3.70. The lowest BCUT2D eigenvalue weighted by molar-refractivity contribution is 0.765. The second kappa shape index (κ2) is 4.47. The van der Waals surface area contributed by atoms with E-state index in [1.54, 1.807) is 10.7 Å². The Kier molecular flexibility index (Phi) is 3.17. The summed E-state index contributed by atoms with van der Waals surface area (Å²) in [6, 6.07) is 5.37. The van der Waals surface area contributed by atoms with E-state index in [9.17, 15) is 0 Å². The second-order valence-corrected chi connectivity index (χ2v) is 4.48. The Morgan fingerprint density at radius 3 is 2.65 bits per heavy atom. The molecule has 1 aromatic heterocycles. The van der Waals surface area contributed by atoms with Crippen molar-refractivity contribution in [3.63, 3.8) is 0 Å². The maximum absolute atomic E-state index is 6.09. The quantitative estimate of drug-likeness (QED) is 0.880. The summed E-state index contributed by atoms with van der Waals surface area (Å²) in [4.78, 5) is 0. The van der Waals surface area contributed by atoms with Gasteiger partial charge in [0.25, 0.3) is 0 Å². The number of halogens is 2. The van der Waals surface area contributed by atoms with Crippen molar-refractivity contribution >= 4 is 40.4 Å². The van der Waals surface area contributed by atoms with E-state index in [0.717, 1.165) is 5.69 Å². The van der Waals surface area contributed by atoms with E-state index < -0.39 is 0 Å². The fraction of sp³-hybridized carbons (Fsp3) is 0.182. The molecule has 0 radical (unpaired) electrons. The standard InChI is InChI=1S/C11H12Cl2N4/c1-6-10(14)11(17(2)16-6)15-8-5-3-4-7(12)9(8)13/h3-5,15H,14H2,1-2H3. The highest BCUT2D eigenvalue weighted by molar-refractivity contribution is 6.43. The number of aromatic nitrogens is 2. The molecule has 2 aromatic rings. The van der Waals surface area contributed by atoms with Crippen LogP contribution in [0.1, 0.15) is 5.69 Å². The summed E-state index contributed by atoms with van der Waals surface area (Å²) >= 11 is 12.0. The summed E-state index contributed by atoms with van der Waals surface area (Å²) in [5, 5.41) is 8.30. The van der Waals surface area contributed by atoms with Crippen molar-refractivity contribution in [1.82, 2.24) is 9.78 Å². The van der Waals surface area contributed by atoms with Crippen LogP contribution in [0.15, 0.2) is 18.2 Å². The van der Waals surface area contributed by atoms with Gasteiger partial charge >= 0.3 is 0 Å². The van der Waals surface area contributed by atoms with Crippen LogP contribution in [0, 0.1) is 6.92 Å². The van der Waals surface area contributed by atoms with Gasteiger partial charge in [0.1, 0.15) is 0 Å². The van der Waals surface area contributed by atoms with Crippen molar-refractivity contribution in [3.8, 4) is 0 Å². The van der Waals surface area contributed by atoms with E-state index in [4.69, 9.17) is 28.9 Å². The monoisotopic (exact) mass is 270 g/mol. The first-order chi connectivity index (χ1) is 8.00. The van der Waals surface area contributed by atoms with Gasteiger partial charge in [0.2, 0.25) is 0 Å². The van der Waals surface area contributed by atoms with Crippen LogP contribution >= 0.6 is 23.2 Å². The van der Waals surface area contributed by atoms with Crippen LogP contribution in [0.25, 0.3) is 0 Å². The molecular weight excluding hydrogens is 259 g/mol. The molecule has 0 aliphatic heterocycles. The molecule has 1 aromatic carbocycles. The third-order valence-corrected chi connectivity index (χ3v) is 3.29. The van der Waals surface area contributed by atoms with Crippen LogP contribution in [0.5, 0.6) is 0 Å². The Bertz CT molecular complexity index is 563. The molecule has 4 nitrogen and oxygen atoms in total. The number of rotatable bonds is 2. The summed E-state index contributed by atoms with van der Waals surface area (Å²) in [5.41, 5.74) is 7.99. The Labute approximate surface area is 109 Å². The van der Waals surface area contributed by atoms with E-state index >= 15 is 0 Å². The molecule has 0 spiro atoms. The molecule has 0 aliphatic rings. The molecule has 0 fully saturated rings. The summed E-state index contributed by atoms with van der Waals surface area (Å²) in [6.45, 7) is 1.85. The molecule has 0 amide bonds. The van der Waals surface area contributed by atoms with E-state index in [-0.39, 0.29) is 0 Å². The zero-order valence-electron chi connectivity index (χ0n) is 9.46. The molecule has 17 heavy (non-hydrogen) atoms. The number of nitrogens with one attached hydrogen (secondary N) is 1. The lowest BCUT2D eigenvalue weighted by Gasteiger charge is -2.10. The van der Waals surface area contributed by atoms with Gasteiger partial charge in [-0.3, -0.25) is 4.68 Å². The number of aryl methyl sites for hydroxylation is 2. The lowest BCUT2D eigenvalue weighted by atomic mass is 10.3. The molecule has 0 unspecified atom stereocenters. The van der Waals surface area contributed by atoms with Gasteiger partial charge < -0.3 is 11.1 Å². The molecule has 0 aliphatic carbocycles. The SMILES string of the molecule is Cc1nn(C)c(Nc2cccc(Cl)c2Cl)c1N. The third-order valence-electron chi connectivity index (χ3n) is 2.47. The smallest absolute Gasteiger partial charge is 0.152 e. The van der Waals surface area contributed by atoms with Crippen molar-refractivity contribution in [2.75, 3.05) is 11.1 Å². The molecule has 6 heteroatoms. The van der Waals surface area contributed by atoms with Gasteiger partial charge in [0, 0.05) is 7.05 Å². The van der Waals surface area contributed by atoms with Gasteiger partial charge in [-0.05, 0) is 19.1 Å². The van der Waals surface area contributed by atoms with Crippen molar-refractivity contribution in [2.45, 2.75) is 6.92 Å². The first-order valence-electron chi connectivity index (χ1n) is 5.01. The first-order valence-corrected chi connectivity index (χ1v) is 5.76. The Morgan fingerprint density at radius 2 is 2.06 bits per heavy atom. The summed E-state index contributed by atoms with van der Waals surface area (Å²) in [7, 11) is 1.81. The zero-order chi connectivity index (χ0) is 12.6. The number of nitrogen functional groups attached to an aromatic ring is 1. The number of hydrogen-bond donors (Lipinski definition) is 2. The maximum Gasteiger partial charge on any atom is 0.152 e. The topological polar surface area (TPSA) is 55.9 Å². The van der Waals surface area contributed by atoms with Crippen LogP contribution in [-0.2, 0) is 7.05 Å². The Balaban J connectivity index is 2.41. The first kappa shape index (κ1) is 12.1. The van der Waals surface area contributed by atoms with Crippen molar-refractivity contribution < 1.29 is 0 Å². The number of anilines is 3. The molecular formula is C11H12Cl2N4. The van der Waals surface area contributed by atoms with Crippen LogP contribution in [0.2, 0.25) is 10.0 Å². The lowest BCUT2D eigenvalue weighted by Crippen LogP contribution is -2.01. The molecule has 3 N–H and O–H groups in total. The van der Waals surface area contributed by atoms with Gasteiger partial charge in [-0.1, -0.05) is 29.3 Å². The summed E-state index contributed by atoms with van der Waals surface area (Å²) in [6.07, 6.45) is 0. The summed E-state index contributed by atoms with van der Waals surface area (Å²) in [5.74, 6) is 0.701. The molecule has 0 bridgehead atoms. The van der Waals surface area contributed by atoms with Gasteiger partial charge in [-0.15, -0.1) is 0 Å². The highest BCUT2D eigenvalue weighted by atomic mass is 35.5. The largest absolute Gasteiger partial charge is 0.394 e. The van der Waals surface area contributed by atoms with Gasteiger partial charge in [-0.2, -0.15) is 5.10 Å². The molecule has 0 saturated heterocycles. The van der Waals surface area contributed by atoms with Gasteiger partial charge in [0.05, 0.1) is 27.1 Å². The van der Waals surface area contributed by atoms with E-state index in [1.807, 2.05) is 26.1 Å². The number of nitrogens with zero attached hydrogens (tertiary/aromatic N) is 2. The zero-order valence-corrected chi connectivity index (χ0v) is 11.0. The van der Waals surface area contributed by atoms with Crippen LogP contribution in [0.3, 0.4) is 0 Å². The fourth-order valence-corrected chi connectivity index (χ4v) is 1.90. The highest BCUT2D eigenvalue weighted by Crippen LogP contribution is 2.33. The molecule has 1 heterocycles. The Hall–Kier alpha value is -1.39. The minimum Gasteiger partial charge on any atom is -0.394 e. The normalized spacial score (nSPS) is 10.6. The van der Waals surface area contributed by atoms with E-state index in [0.29, 0.717) is 27.2 Å². The predicted octanol–water partition coefficient (Wildman–Crippen LogP) is 3.36. The van der Waals surface area contributed by atoms with Crippen molar-refractivity contribution in [3.05, 3.63) is 33.9 Å². The average molecular weight is 271 g/mol. The molecule has 0 saturated carbocycles. The average Bonchev–Trinajstić information content (AvgIpc) is 2.51. The van der Waals surface area contributed by atoms with Gasteiger partial charge in [-0.25, -0.2) is 0 Å². The fourth-order valence-electron chi connectivity index (χ4n) is 1.55. The molecule has 2 rings (SSSR count). The van der Waals surface area contributed by atoms with E-state index in [2.05, 4.69) is 10.4 Å².